The van der Waals surface area contributed by atoms with E-state index < -0.39 is 0 Å². The summed E-state index contributed by atoms with van der Waals surface area (Å²) in [7, 11) is 1.58. The van der Waals surface area contributed by atoms with Crippen molar-refractivity contribution in [3.8, 4) is 5.75 Å². The molecule has 0 aliphatic rings. The van der Waals surface area contributed by atoms with Crippen molar-refractivity contribution < 1.29 is 9.53 Å². The number of aryl methyl sites for hydroxylation is 1. The molecular weight excluding hydrogens is 258 g/mol. The van der Waals surface area contributed by atoms with Crippen molar-refractivity contribution >= 4 is 22.6 Å². The second-order valence-corrected chi connectivity index (χ2v) is 4.41. The summed E-state index contributed by atoms with van der Waals surface area (Å²) in [6.07, 6.45) is 0. The number of nitrogens with zero attached hydrogens (tertiary/aromatic N) is 3. The number of nitrogen functional groups attached to an aromatic ring is 1. The zero-order valence-corrected chi connectivity index (χ0v) is 11.0. The molecule has 0 bridgehead atoms. The van der Waals surface area contributed by atoms with Gasteiger partial charge in [0.15, 0.2) is 5.69 Å². The smallest absolute Gasteiger partial charge is 0.301 e. The van der Waals surface area contributed by atoms with Crippen LogP contribution < -0.4 is 10.5 Å². The second kappa shape index (κ2) is 4.37. The zero-order valence-electron chi connectivity index (χ0n) is 11.0. The number of aromatic amines is 1. The fraction of sp³-hybridized carbons (Fsp3) is 0.154. The molecule has 0 saturated carbocycles. The van der Waals surface area contributed by atoms with Crippen LogP contribution in [0.15, 0.2) is 24.3 Å². The highest BCUT2D eigenvalue weighted by molar-refractivity contribution is 6.06. The number of hydrogen-bond donors (Lipinski definition) is 2. The van der Waals surface area contributed by atoms with Crippen molar-refractivity contribution in [1.29, 1.82) is 0 Å². The van der Waals surface area contributed by atoms with Crippen LogP contribution in [0, 0.1) is 6.92 Å². The molecule has 0 spiro atoms. The van der Waals surface area contributed by atoms with Gasteiger partial charge in [-0.2, -0.15) is 14.9 Å². The van der Waals surface area contributed by atoms with Gasteiger partial charge >= 0.3 is 5.91 Å². The molecule has 0 aliphatic heterocycles. The highest BCUT2D eigenvalue weighted by Crippen LogP contribution is 2.22. The van der Waals surface area contributed by atoms with Crippen molar-refractivity contribution in [2.24, 2.45) is 0 Å². The lowest BCUT2D eigenvalue weighted by Crippen LogP contribution is -2.16. The number of aromatic nitrogens is 4. The van der Waals surface area contributed by atoms with E-state index in [1.807, 2.05) is 0 Å². The van der Waals surface area contributed by atoms with E-state index in [1.54, 1.807) is 38.3 Å². The standard InChI is InChI=1S/C13H13N5O2/c1-7-5-11(14)18(17-7)13(19)12-9-4-3-8(20-2)6-10(9)15-16-12/h3-6H,14H2,1-2H3,(H,15,16). The molecule has 3 rings (SSSR count). The average molecular weight is 271 g/mol. The largest absolute Gasteiger partial charge is 0.497 e. The predicted molar refractivity (Wildman–Crippen MR) is 73.8 cm³/mol. The number of anilines is 1. The summed E-state index contributed by atoms with van der Waals surface area (Å²) in [5, 5.41) is 11.6. The van der Waals surface area contributed by atoms with E-state index in [1.165, 1.54) is 0 Å². The number of hydrogen-bond acceptors (Lipinski definition) is 5. The highest BCUT2D eigenvalue weighted by Gasteiger charge is 2.19. The lowest BCUT2D eigenvalue weighted by atomic mass is 10.2. The van der Waals surface area contributed by atoms with Crippen LogP contribution in [-0.2, 0) is 0 Å². The van der Waals surface area contributed by atoms with E-state index in [2.05, 4.69) is 15.3 Å². The molecule has 20 heavy (non-hydrogen) atoms. The summed E-state index contributed by atoms with van der Waals surface area (Å²) >= 11 is 0. The van der Waals surface area contributed by atoms with Crippen molar-refractivity contribution in [3.63, 3.8) is 0 Å². The van der Waals surface area contributed by atoms with Gasteiger partial charge in [0, 0.05) is 17.5 Å². The number of H-pyrrole nitrogens is 1. The second-order valence-electron chi connectivity index (χ2n) is 4.41. The van der Waals surface area contributed by atoms with Crippen molar-refractivity contribution in [2.45, 2.75) is 6.92 Å². The van der Waals surface area contributed by atoms with E-state index in [0.29, 0.717) is 16.8 Å². The van der Waals surface area contributed by atoms with Crippen LogP contribution in [-0.4, -0.2) is 33.0 Å². The summed E-state index contributed by atoms with van der Waals surface area (Å²) in [5.74, 6) is 0.610. The molecule has 102 valence electrons. The highest BCUT2D eigenvalue weighted by atomic mass is 16.5. The van der Waals surface area contributed by atoms with E-state index in [9.17, 15) is 4.79 Å². The van der Waals surface area contributed by atoms with Crippen LogP contribution in [0.25, 0.3) is 10.9 Å². The maximum absolute atomic E-state index is 12.4. The number of fused-ring (bicyclic) bond motifs is 1. The summed E-state index contributed by atoms with van der Waals surface area (Å²) < 4.78 is 6.28. The Morgan fingerprint density at radius 1 is 1.40 bits per heavy atom. The minimum atomic E-state index is -0.369. The van der Waals surface area contributed by atoms with Gasteiger partial charge in [-0.15, -0.1) is 0 Å². The van der Waals surface area contributed by atoms with Gasteiger partial charge in [0.25, 0.3) is 0 Å². The molecule has 0 atom stereocenters. The number of ether oxygens (including phenoxy) is 1. The molecule has 7 heteroatoms. The van der Waals surface area contributed by atoms with Crippen LogP contribution in [0.3, 0.4) is 0 Å². The molecule has 2 heterocycles. The third-order valence-electron chi connectivity index (χ3n) is 3.02. The van der Waals surface area contributed by atoms with Gasteiger partial charge < -0.3 is 10.5 Å². The quantitative estimate of drug-likeness (QED) is 0.733. The minimum absolute atomic E-state index is 0.275. The Balaban J connectivity index is 2.10. The fourth-order valence-electron chi connectivity index (χ4n) is 2.07. The maximum Gasteiger partial charge on any atom is 0.301 e. The molecule has 0 unspecified atom stereocenters. The summed E-state index contributed by atoms with van der Waals surface area (Å²) in [6, 6.07) is 6.95. The van der Waals surface area contributed by atoms with Gasteiger partial charge in [-0.1, -0.05) is 0 Å². The molecular formula is C13H13N5O2. The van der Waals surface area contributed by atoms with Gasteiger partial charge in [-0.25, -0.2) is 0 Å². The van der Waals surface area contributed by atoms with Crippen LogP contribution in [0.1, 0.15) is 16.2 Å². The molecule has 0 saturated heterocycles. The van der Waals surface area contributed by atoms with Crippen molar-refractivity contribution in [1.82, 2.24) is 20.0 Å². The zero-order chi connectivity index (χ0) is 14.3. The number of nitrogens with one attached hydrogen (secondary N) is 1. The maximum atomic E-state index is 12.4. The Hall–Kier alpha value is -2.83. The Labute approximate surface area is 114 Å². The number of carbonyl (C=O) groups is 1. The number of rotatable bonds is 2. The first-order valence-corrected chi connectivity index (χ1v) is 5.99. The first kappa shape index (κ1) is 12.2. The molecule has 3 N–H and O–H groups in total. The monoisotopic (exact) mass is 271 g/mol. The van der Waals surface area contributed by atoms with Crippen molar-refractivity contribution in [3.05, 3.63) is 35.7 Å². The average Bonchev–Trinajstić information content (AvgIpc) is 3.00. The molecule has 1 aromatic carbocycles. The molecule has 7 nitrogen and oxygen atoms in total. The predicted octanol–water partition coefficient (Wildman–Crippen LogP) is 1.35. The Kier molecular flexibility index (Phi) is 2.67. The van der Waals surface area contributed by atoms with Crippen LogP contribution in [0.5, 0.6) is 5.75 Å². The Bertz CT molecular complexity index is 802. The summed E-state index contributed by atoms with van der Waals surface area (Å²) in [5.41, 5.74) is 7.43. The van der Waals surface area contributed by atoms with Gasteiger partial charge in [0.2, 0.25) is 0 Å². The van der Waals surface area contributed by atoms with Crippen LogP contribution in [0.2, 0.25) is 0 Å². The van der Waals surface area contributed by atoms with E-state index in [4.69, 9.17) is 10.5 Å². The molecule has 0 amide bonds. The van der Waals surface area contributed by atoms with Gasteiger partial charge in [-0.3, -0.25) is 9.89 Å². The van der Waals surface area contributed by atoms with Gasteiger partial charge in [0.1, 0.15) is 11.6 Å². The molecule has 0 aliphatic carbocycles. The van der Waals surface area contributed by atoms with E-state index >= 15 is 0 Å². The summed E-state index contributed by atoms with van der Waals surface area (Å²) in [4.78, 5) is 12.4. The molecule has 0 fully saturated rings. The Morgan fingerprint density at radius 3 is 2.85 bits per heavy atom. The van der Waals surface area contributed by atoms with E-state index in [-0.39, 0.29) is 17.4 Å². The lowest BCUT2D eigenvalue weighted by molar-refractivity contribution is 0.0944. The number of benzene rings is 1. The Morgan fingerprint density at radius 2 is 2.20 bits per heavy atom. The third kappa shape index (κ3) is 1.80. The molecule has 2 aromatic heterocycles. The first-order valence-electron chi connectivity index (χ1n) is 5.99. The minimum Gasteiger partial charge on any atom is -0.497 e. The lowest BCUT2D eigenvalue weighted by Gasteiger charge is -2.01. The van der Waals surface area contributed by atoms with Gasteiger partial charge in [0.05, 0.1) is 18.3 Å². The van der Waals surface area contributed by atoms with Crippen LogP contribution in [0.4, 0.5) is 5.82 Å². The number of nitrogens with two attached hydrogens (primary N) is 1. The summed E-state index contributed by atoms with van der Waals surface area (Å²) in [6.45, 7) is 1.77. The normalized spacial score (nSPS) is 10.9. The number of methoxy groups -OCH3 is 1. The molecule has 3 aromatic rings. The number of carbonyl (C=O) groups excluding carboxylic acids is 1. The van der Waals surface area contributed by atoms with Crippen LogP contribution >= 0.6 is 0 Å². The molecule has 0 radical (unpaired) electrons. The third-order valence-corrected chi connectivity index (χ3v) is 3.02. The fourth-order valence-corrected chi connectivity index (χ4v) is 2.07. The topological polar surface area (TPSA) is 98.8 Å². The van der Waals surface area contributed by atoms with Crippen molar-refractivity contribution in [2.75, 3.05) is 12.8 Å². The van der Waals surface area contributed by atoms with E-state index in [0.717, 1.165) is 10.2 Å². The van der Waals surface area contributed by atoms with Gasteiger partial charge in [-0.05, 0) is 19.1 Å². The SMILES string of the molecule is COc1ccc2c(C(=O)n3nc(C)cc3N)n[nH]c2c1. The first-order chi connectivity index (χ1) is 9.60.